The van der Waals surface area contributed by atoms with E-state index in [1.807, 2.05) is 0 Å². The third-order valence-corrected chi connectivity index (χ3v) is 4.01. The molecule has 0 amide bonds. The summed E-state index contributed by atoms with van der Waals surface area (Å²) in [5, 5.41) is 14.2. The second kappa shape index (κ2) is 5.33. The SMILES string of the molecule is C[C@@H]1[C@H](C)CCC[C@H]1Nc1ncccc1[N+](=O)[O-]. The maximum absolute atomic E-state index is 10.9. The zero-order valence-corrected chi connectivity index (χ0v) is 10.8. The molecule has 1 saturated carbocycles. The molecule has 1 N–H and O–H groups in total. The van der Waals surface area contributed by atoms with E-state index in [1.165, 1.54) is 18.9 Å². The van der Waals surface area contributed by atoms with Crippen LogP contribution in [0.25, 0.3) is 0 Å². The Kier molecular flexibility index (Phi) is 3.79. The predicted octanol–water partition coefficient (Wildman–Crippen LogP) is 3.23. The Morgan fingerprint density at radius 2 is 2.22 bits per heavy atom. The Morgan fingerprint density at radius 3 is 2.94 bits per heavy atom. The zero-order valence-electron chi connectivity index (χ0n) is 10.8. The second-order valence-corrected chi connectivity index (χ2v) is 5.15. The van der Waals surface area contributed by atoms with Gasteiger partial charge in [-0.1, -0.05) is 26.7 Å². The van der Waals surface area contributed by atoms with Gasteiger partial charge in [0.25, 0.3) is 0 Å². The van der Waals surface area contributed by atoms with Crippen molar-refractivity contribution < 1.29 is 4.92 Å². The van der Waals surface area contributed by atoms with Crippen LogP contribution in [0.4, 0.5) is 11.5 Å². The van der Waals surface area contributed by atoms with Crippen LogP contribution in [-0.4, -0.2) is 15.9 Å². The van der Waals surface area contributed by atoms with Crippen LogP contribution in [0, 0.1) is 22.0 Å². The first-order chi connectivity index (χ1) is 8.59. The molecule has 0 saturated heterocycles. The van der Waals surface area contributed by atoms with E-state index in [1.54, 1.807) is 12.3 Å². The number of rotatable bonds is 3. The van der Waals surface area contributed by atoms with Gasteiger partial charge in [0.15, 0.2) is 0 Å². The first-order valence-electron chi connectivity index (χ1n) is 6.45. The van der Waals surface area contributed by atoms with E-state index >= 15 is 0 Å². The van der Waals surface area contributed by atoms with Gasteiger partial charge in [-0.3, -0.25) is 10.1 Å². The van der Waals surface area contributed by atoms with Crippen LogP contribution < -0.4 is 5.32 Å². The largest absolute Gasteiger partial charge is 0.361 e. The topological polar surface area (TPSA) is 68.1 Å². The molecule has 1 aliphatic carbocycles. The fourth-order valence-electron chi connectivity index (χ4n) is 2.62. The van der Waals surface area contributed by atoms with E-state index < -0.39 is 0 Å². The fraction of sp³-hybridized carbons (Fsp3) is 0.615. The lowest BCUT2D eigenvalue weighted by molar-refractivity contribution is -0.384. The molecule has 0 aromatic carbocycles. The lowest BCUT2D eigenvalue weighted by Crippen LogP contribution is -2.35. The molecule has 2 rings (SSSR count). The molecule has 1 fully saturated rings. The number of aromatic nitrogens is 1. The Balaban J connectivity index is 2.16. The first-order valence-corrected chi connectivity index (χ1v) is 6.45. The van der Waals surface area contributed by atoms with Crippen LogP contribution in [0.3, 0.4) is 0 Å². The molecule has 0 aliphatic heterocycles. The quantitative estimate of drug-likeness (QED) is 0.659. The summed E-state index contributed by atoms with van der Waals surface area (Å²) < 4.78 is 0. The lowest BCUT2D eigenvalue weighted by Gasteiger charge is -2.34. The van der Waals surface area contributed by atoms with Gasteiger partial charge in [-0.25, -0.2) is 4.98 Å². The van der Waals surface area contributed by atoms with Crippen LogP contribution in [0.5, 0.6) is 0 Å². The molecule has 1 heterocycles. The molecule has 5 nitrogen and oxygen atoms in total. The lowest BCUT2D eigenvalue weighted by atomic mass is 9.78. The summed E-state index contributed by atoms with van der Waals surface area (Å²) in [6.45, 7) is 4.45. The van der Waals surface area contributed by atoms with Crippen LogP contribution in [-0.2, 0) is 0 Å². The van der Waals surface area contributed by atoms with Crippen molar-refractivity contribution in [2.75, 3.05) is 5.32 Å². The Labute approximate surface area is 107 Å². The van der Waals surface area contributed by atoms with Crippen molar-refractivity contribution in [2.45, 2.75) is 39.2 Å². The molecule has 0 spiro atoms. The van der Waals surface area contributed by atoms with Crippen LogP contribution >= 0.6 is 0 Å². The van der Waals surface area contributed by atoms with Crippen molar-refractivity contribution in [3.8, 4) is 0 Å². The second-order valence-electron chi connectivity index (χ2n) is 5.15. The summed E-state index contributed by atoms with van der Waals surface area (Å²) in [5.74, 6) is 1.56. The molecular weight excluding hydrogens is 230 g/mol. The van der Waals surface area contributed by atoms with Gasteiger partial charge in [0.05, 0.1) is 4.92 Å². The molecule has 0 bridgehead atoms. The van der Waals surface area contributed by atoms with Gasteiger partial charge in [-0.05, 0) is 24.3 Å². The predicted molar refractivity (Wildman–Crippen MR) is 70.5 cm³/mol. The third kappa shape index (κ3) is 2.60. The highest BCUT2D eigenvalue weighted by Gasteiger charge is 2.28. The zero-order chi connectivity index (χ0) is 13.1. The van der Waals surface area contributed by atoms with Crippen molar-refractivity contribution in [2.24, 2.45) is 11.8 Å². The average Bonchev–Trinajstić information content (AvgIpc) is 2.35. The van der Waals surface area contributed by atoms with Crippen molar-refractivity contribution in [3.63, 3.8) is 0 Å². The van der Waals surface area contributed by atoms with Gasteiger partial charge < -0.3 is 5.32 Å². The van der Waals surface area contributed by atoms with Crippen molar-refractivity contribution in [1.29, 1.82) is 0 Å². The molecule has 1 aromatic rings. The van der Waals surface area contributed by atoms with Gasteiger partial charge in [-0.2, -0.15) is 0 Å². The normalized spacial score (nSPS) is 27.8. The molecule has 1 aromatic heterocycles. The maximum Gasteiger partial charge on any atom is 0.311 e. The van der Waals surface area contributed by atoms with E-state index in [2.05, 4.69) is 24.1 Å². The van der Waals surface area contributed by atoms with Gasteiger partial charge >= 0.3 is 5.69 Å². The van der Waals surface area contributed by atoms with Crippen LogP contribution in [0.2, 0.25) is 0 Å². The van der Waals surface area contributed by atoms with Crippen LogP contribution in [0.15, 0.2) is 18.3 Å². The molecule has 5 heteroatoms. The van der Waals surface area contributed by atoms with E-state index in [4.69, 9.17) is 0 Å². The minimum absolute atomic E-state index is 0.0583. The summed E-state index contributed by atoms with van der Waals surface area (Å²) in [7, 11) is 0. The summed E-state index contributed by atoms with van der Waals surface area (Å²) in [5.41, 5.74) is 0.0583. The Hall–Kier alpha value is -1.65. The summed E-state index contributed by atoms with van der Waals surface area (Å²) in [4.78, 5) is 14.7. The molecular formula is C13H19N3O2. The first kappa shape index (κ1) is 12.8. The number of pyridine rings is 1. The minimum atomic E-state index is -0.383. The van der Waals surface area contributed by atoms with Gasteiger partial charge in [0, 0.05) is 18.3 Å². The molecule has 98 valence electrons. The summed E-state index contributed by atoms with van der Waals surface area (Å²) in [6, 6.07) is 3.37. The number of nitro groups is 1. The molecule has 0 radical (unpaired) electrons. The Bertz CT molecular complexity index is 436. The van der Waals surface area contributed by atoms with Crippen molar-refractivity contribution in [1.82, 2.24) is 4.98 Å². The highest BCUT2D eigenvalue weighted by atomic mass is 16.6. The molecule has 3 atom stereocenters. The van der Waals surface area contributed by atoms with E-state index in [0.717, 1.165) is 6.42 Å². The maximum atomic E-state index is 10.9. The Morgan fingerprint density at radius 1 is 1.44 bits per heavy atom. The monoisotopic (exact) mass is 249 g/mol. The van der Waals surface area contributed by atoms with Crippen molar-refractivity contribution in [3.05, 3.63) is 28.4 Å². The number of hydrogen-bond acceptors (Lipinski definition) is 4. The number of nitrogens with one attached hydrogen (secondary N) is 1. The van der Waals surface area contributed by atoms with Gasteiger partial charge in [-0.15, -0.1) is 0 Å². The van der Waals surface area contributed by atoms with E-state index in [-0.39, 0.29) is 16.7 Å². The van der Waals surface area contributed by atoms with Gasteiger partial charge in [0.2, 0.25) is 5.82 Å². The van der Waals surface area contributed by atoms with Crippen LogP contribution in [0.1, 0.15) is 33.1 Å². The molecule has 18 heavy (non-hydrogen) atoms. The summed E-state index contributed by atoms with van der Waals surface area (Å²) >= 11 is 0. The average molecular weight is 249 g/mol. The van der Waals surface area contributed by atoms with Crippen molar-refractivity contribution >= 4 is 11.5 Å². The number of anilines is 1. The highest BCUT2D eigenvalue weighted by Crippen LogP contribution is 2.32. The number of nitrogens with zero attached hydrogens (tertiary/aromatic N) is 2. The molecule has 0 unspecified atom stereocenters. The minimum Gasteiger partial charge on any atom is -0.361 e. The highest BCUT2D eigenvalue weighted by molar-refractivity contribution is 5.55. The van der Waals surface area contributed by atoms with Gasteiger partial charge in [0.1, 0.15) is 0 Å². The number of hydrogen-bond donors (Lipinski definition) is 1. The van der Waals surface area contributed by atoms with E-state index in [0.29, 0.717) is 17.7 Å². The summed E-state index contributed by atoms with van der Waals surface area (Å²) in [6.07, 6.45) is 5.05. The van der Waals surface area contributed by atoms with E-state index in [9.17, 15) is 10.1 Å². The third-order valence-electron chi connectivity index (χ3n) is 4.01. The fourth-order valence-corrected chi connectivity index (χ4v) is 2.62. The molecule has 1 aliphatic rings. The smallest absolute Gasteiger partial charge is 0.311 e. The standard InChI is InChI=1S/C13H19N3O2/c1-9-5-3-6-11(10(9)2)15-13-12(16(17)18)7-4-8-14-13/h4,7-11H,3,5-6H2,1-2H3,(H,14,15)/t9-,10-,11-/m1/s1.